The highest BCUT2D eigenvalue weighted by molar-refractivity contribution is 5.70. The molecule has 1 aromatic heterocycles. The number of ether oxygens (including phenoxy) is 1. The van der Waals surface area contributed by atoms with E-state index in [0.717, 1.165) is 0 Å². The van der Waals surface area contributed by atoms with Gasteiger partial charge in [-0.05, 0) is 27.2 Å². The SMILES string of the molecule is CC(C)(C)OC(=O)N1CCC(c2oncc2CC(=O)O)C1. The number of aromatic nitrogens is 1. The summed E-state index contributed by atoms with van der Waals surface area (Å²) in [6.07, 6.45) is 1.66. The van der Waals surface area contributed by atoms with Gasteiger partial charge in [-0.1, -0.05) is 5.16 Å². The van der Waals surface area contributed by atoms with Crippen LogP contribution in [0.2, 0.25) is 0 Å². The number of rotatable bonds is 3. The summed E-state index contributed by atoms with van der Waals surface area (Å²) in [5, 5.41) is 12.5. The number of amides is 1. The van der Waals surface area contributed by atoms with Crippen LogP contribution in [0.4, 0.5) is 4.79 Å². The minimum atomic E-state index is -0.929. The maximum atomic E-state index is 12.0. The maximum Gasteiger partial charge on any atom is 0.410 e. The average molecular weight is 296 g/mol. The second-order valence-electron chi connectivity index (χ2n) is 6.20. The highest BCUT2D eigenvalue weighted by Crippen LogP contribution is 2.30. The lowest BCUT2D eigenvalue weighted by atomic mass is 10.0. The number of likely N-dealkylation sites (tertiary alicyclic amines) is 1. The van der Waals surface area contributed by atoms with Crippen LogP contribution in [0.1, 0.15) is 44.4 Å². The molecular weight excluding hydrogens is 276 g/mol. The first-order chi connectivity index (χ1) is 9.76. The summed E-state index contributed by atoms with van der Waals surface area (Å²) < 4.78 is 10.5. The Balaban J connectivity index is 2.01. The fourth-order valence-corrected chi connectivity index (χ4v) is 2.37. The Labute approximate surface area is 122 Å². The molecule has 1 unspecified atom stereocenters. The van der Waals surface area contributed by atoms with Crippen LogP contribution in [-0.4, -0.2) is 45.9 Å². The van der Waals surface area contributed by atoms with Crippen molar-refractivity contribution in [3.8, 4) is 0 Å². The largest absolute Gasteiger partial charge is 0.481 e. The molecule has 7 heteroatoms. The normalized spacial score (nSPS) is 18.8. The molecular formula is C14H20N2O5. The molecule has 1 aromatic rings. The predicted octanol–water partition coefficient (Wildman–Crippen LogP) is 2.03. The number of carboxylic acid groups (broad SMARTS) is 1. The zero-order chi connectivity index (χ0) is 15.6. The number of aliphatic carboxylic acids is 1. The molecule has 0 aromatic carbocycles. The van der Waals surface area contributed by atoms with Crippen molar-refractivity contribution in [2.24, 2.45) is 0 Å². The topological polar surface area (TPSA) is 92.9 Å². The number of hydrogen-bond donors (Lipinski definition) is 1. The van der Waals surface area contributed by atoms with Crippen molar-refractivity contribution in [2.45, 2.75) is 45.1 Å². The lowest BCUT2D eigenvalue weighted by Crippen LogP contribution is -2.35. The van der Waals surface area contributed by atoms with Gasteiger partial charge >= 0.3 is 12.1 Å². The van der Waals surface area contributed by atoms with Crippen LogP contribution in [0.15, 0.2) is 10.7 Å². The number of hydrogen-bond acceptors (Lipinski definition) is 5. The van der Waals surface area contributed by atoms with E-state index in [0.29, 0.717) is 30.8 Å². The zero-order valence-electron chi connectivity index (χ0n) is 12.5. The number of carbonyl (C=O) groups is 2. The van der Waals surface area contributed by atoms with Crippen LogP contribution >= 0.6 is 0 Å². The molecule has 2 rings (SSSR count). The summed E-state index contributed by atoms with van der Waals surface area (Å²) >= 11 is 0. The van der Waals surface area contributed by atoms with Gasteiger partial charge in [-0.25, -0.2) is 4.79 Å². The fraction of sp³-hybridized carbons (Fsp3) is 0.643. The van der Waals surface area contributed by atoms with Gasteiger partial charge in [-0.15, -0.1) is 0 Å². The van der Waals surface area contributed by atoms with E-state index in [1.807, 2.05) is 20.8 Å². The first-order valence-corrected chi connectivity index (χ1v) is 6.89. The van der Waals surface area contributed by atoms with Gasteiger partial charge < -0.3 is 19.3 Å². The lowest BCUT2D eigenvalue weighted by Gasteiger charge is -2.24. The molecule has 1 N–H and O–H groups in total. The van der Waals surface area contributed by atoms with Crippen LogP contribution < -0.4 is 0 Å². The molecule has 0 saturated carbocycles. The minimum Gasteiger partial charge on any atom is -0.481 e. The molecule has 0 radical (unpaired) electrons. The number of nitrogens with zero attached hydrogens (tertiary/aromatic N) is 2. The summed E-state index contributed by atoms with van der Waals surface area (Å²) in [7, 11) is 0. The van der Waals surface area contributed by atoms with Gasteiger partial charge in [-0.3, -0.25) is 4.79 Å². The molecule has 0 bridgehead atoms. The van der Waals surface area contributed by atoms with Crippen molar-refractivity contribution in [1.82, 2.24) is 10.1 Å². The average Bonchev–Trinajstić information content (AvgIpc) is 2.93. The van der Waals surface area contributed by atoms with Crippen LogP contribution in [0.3, 0.4) is 0 Å². The molecule has 1 fully saturated rings. The Morgan fingerprint density at radius 1 is 1.52 bits per heavy atom. The summed E-state index contributed by atoms with van der Waals surface area (Å²) in [6, 6.07) is 0. The van der Waals surface area contributed by atoms with Crippen molar-refractivity contribution in [3.05, 3.63) is 17.5 Å². The quantitative estimate of drug-likeness (QED) is 0.917. The van der Waals surface area contributed by atoms with Crippen LogP contribution in [-0.2, 0) is 16.0 Å². The molecule has 2 heterocycles. The standard InChI is InChI=1S/C14H20N2O5/c1-14(2,3)20-13(19)16-5-4-9(8-16)12-10(6-11(17)18)7-15-21-12/h7,9H,4-6,8H2,1-3H3,(H,17,18). The Morgan fingerprint density at radius 2 is 2.24 bits per heavy atom. The van der Waals surface area contributed by atoms with E-state index in [4.69, 9.17) is 14.4 Å². The van der Waals surface area contributed by atoms with Crippen molar-refractivity contribution in [3.63, 3.8) is 0 Å². The second-order valence-corrected chi connectivity index (χ2v) is 6.20. The molecule has 1 aliphatic heterocycles. The summed E-state index contributed by atoms with van der Waals surface area (Å²) in [4.78, 5) is 24.4. The zero-order valence-corrected chi connectivity index (χ0v) is 12.5. The second kappa shape index (κ2) is 5.75. The summed E-state index contributed by atoms with van der Waals surface area (Å²) in [5.41, 5.74) is 0.0362. The Morgan fingerprint density at radius 3 is 2.86 bits per heavy atom. The first kappa shape index (κ1) is 15.3. The van der Waals surface area contributed by atoms with Crippen molar-refractivity contribution < 1.29 is 24.0 Å². The third-order valence-corrected chi connectivity index (χ3v) is 3.23. The first-order valence-electron chi connectivity index (χ1n) is 6.89. The lowest BCUT2D eigenvalue weighted by molar-refractivity contribution is -0.136. The molecule has 1 atom stereocenters. The molecule has 0 aliphatic carbocycles. The molecule has 0 spiro atoms. The predicted molar refractivity (Wildman–Crippen MR) is 73.0 cm³/mol. The van der Waals surface area contributed by atoms with Crippen molar-refractivity contribution in [2.75, 3.05) is 13.1 Å². The van der Waals surface area contributed by atoms with Gasteiger partial charge in [0.2, 0.25) is 0 Å². The summed E-state index contributed by atoms with van der Waals surface area (Å²) in [6.45, 7) is 6.48. The molecule has 21 heavy (non-hydrogen) atoms. The van der Waals surface area contributed by atoms with E-state index >= 15 is 0 Å². The highest BCUT2D eigenvalue weighted by Gasteiger charge is 2.33. The van der Waals surface area contributed by atoms with Crippen LogP contribution in [0, 0.1) is 0 Å². The monoisotopic (exact) mass is 296 g/mol. The fourth-order valence-electron chi connectivity index (χ4n) is 2.37. The van der Waals surface area contributed by atoms with E-state index < -0.39 is 11.6 Å². The molecule has 7 nitrogen and oxygen atoms in total. The van der Waals surface area contributed by atoms with E-state index in [1.165, 1.54) is 6.20 Å². The number of carboxylic acids is 1. The molecule has 116 valence electrons. The number of carbonyl (C=O) groups excluding carboxylic acids is 1. The van der Waals surface area contributed by atoms with Gasteiger partial charge in [0.1, 0.15) is 11.4 Å². The highest BCUT2D eigenvalue weighted by atomic mass is 16.6. The van der Waals surface area contributed by atoms with Crippen molar-refractivity contribution in [1.29, 1.82) is 0 Å². The smallest absolute Gasteiger partial charge is 0.410 e. The van der Waals surface area contributed by atoms with Gasteiger partial charge in [0, 0.05) is 24.6 Å². The summed E-state index contributed by atoms with van der Waals surface area (Å²) in [5.74, 6) is -0.403. The van der Waals surface area contributed by atoms with Crippen LogP contribution in [0.25, 0.3) is 0 Å². The Kier molecular flexibility index (Phi) is 4.20. The van der Waals surface area contributed by atoms with Gasteiger partial charge in [0.15, 0.2) is 0 Å². The molecule has 1 amide bonds. The molecule has 1 saturated heterocycles. The third-order valence-electron chi connectivity index (χ3n) is 3.23. The van der Waals surface area contributed by atoms with Gasteiger partial charge in [0.05, 0.1) is 12.6 Å². The minimum absolute atomic E-state index is 0.0330. The van der Waals surface area contributed by atoms with Gasteiger partial charge in [0.25, 0.3) is 0 Å². The Bertz CT molecular complexity index is 532. The Hall–Kier alpha value is -2.05. The van der Waals surface area contributed by atoms with Crippen molar-refractivity contribution >= 4 is 12.1 Å². The van der Waals surface area contributed by atoms with Crippen LogP contribution in [0.5, 0.6) is 0 Å². The van der Waals surface area contributed by atoms with E-state index in [2.05, 4.69) is 5.16 Å². The third kappa shape index (κ3) is 3.96. The van der Waals surface area contributed by atoms with E-state index in [-0.39, 0.29) is 18.4 Å². The molecule has 1 aliphatic rings. The van der Waals surface area contributed by atoms with Gasteiger partial charge in [-0.2, -0.15) is 0 Å². The van der Waals surface area contributed by atoms with E-state index in [9.17, 15) is 9.59 Å². The maximum absolute atomic E-state index is 12.0. The van der Waals surface area contributed by atoms with E-state index in [1.54, 1.807) is 4.90 Å².